The summed E-state index contributed by atoms with van der Waals surface area (Å²) >= 11 is 0. The number of nitrogens with zero attached hydrogens (tertiary/aromatic N) is 3. The van der Waals surface area contributed by atoms with Crippen LogP contribution in [0.25, 0.3) is 0 Å². The van der Waals surface area contributed by atoms with Crippen LogP contribution in [0.5, 0.6) is 0 Å². The number of hydrogen-bond acceptors (Lipinski definition) is 3. The Kier molecular flexibility index (Phi) is 4.14. The lowest BCUT2D eigenvalue weighted by Crippen LogP contribution is -2.33. The van der Waals surface area contributed by atoms with E-state index in [1.165, 1.54) is 17.1 Å². The molecule has 1 aliphatic rings. The Hall–Kier alpha value is -1.65. The minimum atomic E-state index is 0.738. The molecule has 1 aliphatic heterocycles. The summed E-state index contributed by atoms with van der Waals surface area (Å²) in [6.07, 6.45) is 4.21. The summed E-state index contributed by atoms with van der Waals surface area (Å²) in [5.74, 6) is 1.19. The van der Waals surface area contributed by atoms with Crippen molar-refractivity contribution in [2.24, 2.45) is 5.73 Å². The van der Waals surface area contributed by atoms with Crippen LogP contribution in [0.4, 0.5) is 0 Å². The van der Waals surface area contributed by atoms with Gasteiger partial charge in [-0.1, -0.05) is 30.3 Å². The van der Waals surface area contributed by atoms with E-state index in [9.17, 15) is 0 Å². The smallest absolute Gasteiger partial charge is 0.123 e. The van der Waals surface area contributed by atoms with Crippen LogP contribution in [0, 0.1) is 0 Å². The second-order valence-corrected chi connectivity index (χ2v) is 5.43. The lowest BCUT2D eigenvalue weighted by molar-refractivity contribution is 0.209. The number of rotatable bonds is 5. The topological polar surface area (TPSA) is 47.1 Å². The number of benzene rings is 1. The average Bonchev–Trinajstić information content (AvgIpc) is 2.88. The molecular weight excluding hydrogens is 248 g/mol. The lowest BCUT2D eigenvalue weighted by atomic mass is 10.2. The molecule has 0 atom stereocenters. The molecule has 0 fully saturated rings. The zero-order valence-electron chi connectivity index (χ0n) is 11.8. The Labute approximate surface area is 120 Å². The van der Waals surface area contributed by atoms with E-state index in [0.29, 0.717) is 0 Å². The van der Waals surface area contributed by atoms with Gasteiger partial charge in [-0.15, -0.1) is 0 Å². The molecular formula is C16H22N4. The molecule has 2 heterocycles. The van der Waals surface area contributed by atoms with E-state index in [4.69, 9.17) is 10.7 Å². The SMILES string of the molecule is NCCCc1cn2c(n1)CN(Cc1ccccc1)CC2. The third-order valence-electron chi connectivity index (χ3n) is 3.82. The van der Waals surface area contributed by atoms with Gasteiger partial charge in [0.05, 0.1) is 12.2 Å². The first kappa shape index (κ1) is 13.3. The maximum Gasteiger partial charge on any atom is 0.123 e. The van der Waals surface area contributed by atoms with Crippen LogP contribution >= 0.6 is 0 Å². The van der Waals surface area contributed by atoms with Gasteiger partial charge in [0.15, 0.2) is 0 Å². The first-order valence-corrected chi connectivity index (χ1v) is 7.36. The van der Waals surface area contributed by atoms with Crippen molar-refractivity contribution in [3.05, 3.63) is 53.6 Å². The number of imidazole rings is 1. The molecule has 106 valence electrons. The third kappa shape index (κ3) is 3.08. The van der Waals surface area contributed by atoms with E-state index in [1.54, 1.807) is 0 Å². The van der Waals surface area contributed by atoms with Gasteiger partial charge in [0, 0.05) is 25.8 Å². The molecule has 4 nitrogen and oxygen atoms in total. The average molecular weight is 270 g/mol. The van der Waals surface area contributed by atoms with Crippen molar-refractivity contribution in [2.75, 3.05) is 13.1 Å². The largest absolute Gasteiger partial charge is 0.332 e. The Balaban J connectivity index is 1.64. The summed E-state index contributed by atoms with van der Waals surface area (Å²) in [7, 11) is 0. The van der Waals surface area contributed by atoms with E-state index in [1.807, 2.05) is 0 Å². The Morgan fingerprint density at radius 3 is 2.80 bits per heavy atom. The number of nitrogens with two attached hydrogens (primary N) is 1. The highest BCUT2D eigenvalue weighted by molar-refractivity contribution is 5.15. The Morgan fingerprint density at radius 2 is 2.00 bits per heavy atom. The van der Waals surface area contributed by atoms with Crippen molar-refractivity contribution in [3.8, 4) is 0 Å². The highest BCUT2D eigenvalue weighted by Crippen LogP contribution is 2.16. The van der Waals surface area contributed by atoms with Crippen LogP contribution in [0.2, 0.25) is 0 Å². The molecule has 0 aliphatic carbocycles. The second-order valence-electron chi connectivity index (χ2n) is 5.43. The number of aromatic nitrogens is 2. The van der Waals surface area contributed by atoms with E-state index >= 15 is 0 Å². The minimum Gasteiger partial charge on any atom is -0.332 e. The second kappa shape index (κ2) is 6.20. The van der Waals surface area contributed by atoms with E-state index < -0.39 is 0 Å². The van der Waals surface area contributed by atoms with Crippen LogP contribution in [-0.2, 0) is 26.1 Å². The standard InChI is InChI=1S/C16H22N4/c17-8-4-7-15-12-20-10-9-19(13-16(20)18-15)11-14-5-2-1-3-6-14/h1-3,5-6,12H,4,7-11,13,17H2. The van der Waals surface area contributed by atoms with Crippen molar-refractivity contribution < 1.29 is 0 Å². The molecule has 0 saturated heterocycles. The van der Waals surface area contributed by atoms with Gasteiger partial charge in [0.25, 0.3) is 0 Å². The monoisotopic (exact) mass is 270 g/mol. The van der Waals surface area contributed by atoms with E-state index in [0.717, 1.165) is 45.6 Å². The van der Waals surface area contributed by atoms with E-state index in [2.05, 4.69) is 46.0 Å². The van der Waals surface area contributed by atoms with Crippen molar-refractivity contribution in [3.63, 3.8) is 0 Å². The number of aryl methyl sites for hydroxylation is 1. The molecule has 1 aromatic carbocycles. The van der Waals surface area contributed by atoms with E-state index in [-0.39, 0.29) is 0 Å². The summed E-state index contributed by atoms with van der Waals surface area (Å²) in [4.78, 5) is 7.21. The maximum atomic E-state index is 5.56. The van der Waals surface area contributed by atoms with Crippen LogP contribution in [0.1, 0.15) is 23.5 Å². The summed E-state index contributed by atoms with van der Waals surface area (Å²) in [6, 6.07) is 10.6. The van der Waals surface area contributed by atoms with Crippen molar-refractivity contribution in [2.45, 2.75) is 32.5 Å². The molecule has 3 rings (SSSR count). The zero-order valence-corrected chi connectivity index (χ0v) is 11.8. The first-order valence-electron chi connectivity index (χ1n) is 7.36. The fraction of sp³-hybridized carbons (Fsp3) is 0.438. The molecule has 0 unspecified atom stereocenters. The van der Waals surface area contributed by atoms with Crippen LogP contribution in [0.3, 0.4) is 0 Å². The van der Waals surface area contributed by atoms with Gasteiger partial charge in [-0.05, 0) is 24.9 Å². The predicted octanol–water partition coefficient (Wildman–Crippen LogP) is 1.79. The molecule has 0 saturated carbocycles. The highest BCUT2D eigenvalue weighted by atomic mass is 15.2. The highest BCUT2D eigenvalue weighted by Gasteiger charge is 2.18. The van der Waals surface area contributed by atoms with Gasteiger partial charge in [-0.3, -0.25) is 4.90 Å². The van der Waals surface area contributed by atoms with Gasteiger partial charge in [-0.2, -0.15) is 0 Å². The molecule has 0 amide bonds. The molecule has 4 heteroatoms. The fourth-order valence-corrected chi connectivity index (χ4v) is 2.74. The quantitative estimate of drug-likeness (QED) is 0.901. The predicted molar refractivity (Wildman–Crippen MR) is 80.2 cm³/mol. The molecule has 1 aromatic heterocycles. The molecule has 0 bridgehead atoms. The normalized spacial score (nSPS) is 15.2. The molecule has 20 heavy (non-hydrogen) atoms. The molecule has 0 radical (unpaired) electrons. The fourth-order valence-electron chi connectivity index (χ4n) is 2.74. The van der Waals surface area contributed by atoms with Crippen molar-refractivity contribution >= 4 is 0 Å². The third-order valence-corrected chi connectivity index (χ3v) is 3.82. The van der Waals surface area contributed by atoms with Crippen LogP contribution in [-0.4, -0.2) is 27.5 Å². The maximum absolute atomic E-state index is 5.56. The van der Waals surface area contributed by atoms with Crippen molar-refractivity contribution in [1.82, 2.24) is 14.5 Å². The first-order chi connectivity index (χ1) is 9.85. The lowest BCUT2D eigenvalue weighted by Gasteiger charge is -2.27. The molecule has 2 aromatic rings. The Morgan fingerprint density at radius 1 is 1.15 bits per heavy atom. The summed E-state index contributed by atoms with van der Waals surface area (Å²) in [6.45, 7) is 4.82. The number of hydrogen-bond donors (Lipinski definition) is 1. The van der Waals surface area contributed by atoms with Gasteiger partial charge < -0.3 is 10.3 Å². The summed E-state index contributed by atoms with van der Waals surface area (Å²) in [5, 5.41) is 0. The zero-order chi connectivity index (χ0) is 13.8. The van der Waals surface area contributed by atoms with Gasteiger partial charge >= 0.3 is 0 Å². The summed E-state index contributed by atoms with van der Waals surface area (Å²) < 4.78 is 2.30. The Bertz CT molecular complexity index is 547. The minimum absolute atomic E-state index is 0.738. The number of fused-ring (bicyclic) bond motifs is 1. The van der Waals surface area contributed by atoms with Gasteiger partial charge in [0.1, 0.15) is 5.82 Å². The van der Waals surface area contributed by atoms with Crippen LogP contribution in [0.15, 0.2) is 36.5 Å². The summed E-state index contributed by atoms with van der Waals surface area (Å²) in [5.41, 5.74) is 8.12. The molecule has 2 N–H and O–H groups in total. The van der Waals surface area contributed by atoms with Gasteiger partial charge in [0.2, 0.25) is 0 Å². The van der Waals surface area contributed by atoms with Gasteiger partial charge in [-0.25, -0.2) is 4.98 Å². The van der Waals surface area contributed by atoms with Crippen molar-refractivity contribution in [1.29, 1.82) is 0 Å². The van der Waals surface area contributed by atoms with Crippen LogP contribution < -0.4 is 5.73 Å². The molecule has 0 spiro atoms.